The molecule has 148 valence electrons. The summed E-state index contributed by atoms with van der Waals surface area (Å²) in [6.07, 6.45) is 4.25. The Balaban J connectivity index is 1.61. The second kappa shape index (κ2) is 9.40. The fraction of sp³-hybridized carbons (Fsp3) is 0.391. The molecule has 0 aliphatic heterocycles. The quantitative estimate of drug-likeness (QED) is 0.650. The van der Waals surface area contributed by atoms with E-state index in [1.165, 1.54) is 0 Å². The molecule has 28 heavy (non-hydrogen) atoms. The number of nitrogens with one attached hydrogen (secondary N) is 2. The minimum atomic E-state index is -0.158. The van der Waals surface area contributed by atoms with Gasteiger partial charge in [0, 0.05) is 41.6 Å². The van der Waals surface area contributed by atoms with E-state index in [1.807, 2.05) is 42.5 Å². The number of anilines is 3. The van der Waals surface area contributed by atoms with E-state index in [9.17, 15) is 9.59 Å². The van der Waals surface area contributed by atoms with Crippen LogP contribution in [0.1, 0.15) is 49.9 Å². The minimum Gasteiger partial charge on any atom is -0.372 e. The van der Waals surface area contributed by atoms with Gasteiger partial charge in [0.05, 0.1) is 0 Å². The topological polar surface area (TPSA) is 61.4 Å². The van der Waals surface area contributed by atoms with Crippen LogP contribution in [0.5, 0.6) is 0 Å². The Kier molecular flexibility index (Phi) is 6.69. The molecule has 0 saturated heterocycles. The van der Waals surface area contributed by atoms with Gasteiger partial charge in [0.15, 0.2) is 0 Å². The molecule has 2 N–H and O–H groups in total. The highest BCUT2D eigenvalue weighted by Gasteiger charge is 2.29. The van der Waals surface area contributed by atoms with E-state index < -0.39 is 0 Å². The molecule has 1 saturated carbocycles. The second-order valence-electron chi connectivity index (χ2n) is 7.28. The van der Waals surface area contributed by atoms with E-state index in [0.29, 0.717) is 16.9 Å². The third-order valence-electron chi connectivity index (χ3n) is 4.99. The van der Waals surface area contributed by atoms with Gasteiger partial charge in [-0.3, -0.25) is 9.59 Å². The average Bonchev–Trinajstić information content (AvgIpc) is 3.55. The molecule has 5 heteroatoms. The zero-order valence-corrected chi connectivity index (χ0v) is 16.7. The van der Waals surface area contributed by atoms with E-state index in [-0.39, 0.29) is 17.7 Å². The van der Waals surface area contributed by atoms with E-state index in [4.69, 9.17) is 0 Å². The van der Waals surface area contributed by atoms with Gasteiger partial charge >= 0.3 is 0 Å². The number of carbonyl (C=O) groups excluding carboxylic acids is 2. The van der Waals surface area contributed by atoms with Crippen LogP contribution in [-0.2, 0) is 4.79 Å². The molecule has 1 aliphatic rings. The molecule has 0 aromatic heterocycles. The van der Waals surface area contributed by atoms with E-state index >= 15 is 0 Å². The summed E-state index contributed by atoms with van der Waals surface area (Å²) in [4.78, 5) is 26.8. The first-order valence-corrected chi connectivity index (χ1v) is 10.2. The fourth-order valence-corrected chi connectivity index (χ4v) is 3.11. The lowest BCUT2D eigenvalue weighted by atomic mass is 10.1. The predicted molar refractivity (Wildman–Crippen MR) is 115 cm³/mol. The van der Waals surface area contributed by atoms with Crippen molar-refractivity contribution in [3.63, 3.8) is 0 Å². The summed E-state index contributed by atoms with van der Waals surface area (Å²) in [5, 5.41) is 5.81. The standard InChI is InChI=1S/C23H29N3O2/c1-3-5-15-26(4-2)21-13-11-18(12-14-21)23(28)25-20-8-6-7-19(16-20)24-22(27)17-9-10-17/h6-8,11-14,16-17H,3-5,9-10,15H2,1-2H3,(H,24,27)(H,25,28). The summed E-state index contributed by atoms with van der Waals surface area (Å²) < 4.78 is 0. The molecule has 5 nitrogen and oxygen atoms in total. The molecule has 0 radical (unpaired) electrons. The predicted octanol–water partition coefficient (Wildman–Crippen LogP) is 4.91. The van der Waals surface area contributed by atoms with Crippen molar-refractivity contribution in [2.45, 2.75) is 39.5 Å². The smallest absolute Gasteiger partial charge is 0.255 e. The summed E-state index contributed by atoms with van der Waals surface area (Å²) in [6.45, 7) is 6.31. The first-order valence-electron chi connectivity index (χ1n) is 10.2. The van der Waals surface area contributed by atoms with Crippen molar-refractivity contribution in [3.8, 4) is 0 Å². The molecule has 2 aromatic rings. The third-order valence-corrected chi connectivity index (χ3v) is 4.99. The zero-order valence-electron chi connectivity index (χ0n) is 16.7. The number of nitrogens with zero attached hydrogens (tertiary/aromatic N) is 1. The normalized spacial score (nSPS) is 13.1. The Morgan fingerprint density at radius 1 is 1.00 bits per heavy atom. The van der Waals surface area contributed by atoms with Crippen molar-refractivity contribution in [1.82, 2.24) is 0 Å². The lowest BCUT2D eigenvalue weighted by Crippen LogP contribution is -2.23. The summed E-state index contributed by atoms with van der Waals surface area (Å²) >= 11 is 0. The maximum Gasteiger partial charge on any atom is 0.255 e. The van der Waals surface area contributed by atoms with Gasteiger partial charge in [-0.2, -0.15) is 0 Å². The van der Waals surface area contributed by atoms with Crippen molar-refractivity contribution >= 4 is 28.9 Å². The van der Waals surface area contributed by atoms with Crippen LogP contribution in [-0.4, -0.2) is 24.9 Å². The van der Waals surface area contributed by atoms with Crippen molar-refractivity contribution < 1.29 is 9.59 Å². The monoisotopic (exact) mass is 379 g/mol. The van der Waals surface area contributed by atoms with Crippen molar-refractivity contribution in [2.75, 3.05) is 28.6 Å². The third kappa shape index (κ3) is 5.35. The molecule has 2 amide bonds. The van der Waals surface area contributed by atoms with Gasteiger partial charge in [0.2, 0.25) is 5.91 Å². The van der Waals surface area contributed by atoms with Crippen LogP contribution in [0.4, 0.5) is 17.1 Å². The highest BCUT2D eigenvalue weighted by molar-refractivity contribution is 6.05. The first-order chi connectivity index (χ1) is 13.6. The summed E-state index contributed by atoms with van der Waals surface area (Å²) in [5.74, 6) is 0.0493. The molecule has 0 spiro atoms. The molecule has 0 atom stereocenters. The number of hydrogen-bond acceptors (Lipinski definition) is 3. The van der Waals surface area contributed by atoms with Crippen LogP contribution in [0, 0.1) is 5.92 Å². The van der Waals surface area contributed by atoms with Gasteiger partial charge < -0.3 is 15.5 Å². The Bertz CT molecular complexity index is 813. The van der Waals surface area contributed by atoms with Crippen LogP contribution < -0.4 is 15.5 Å². The van der Waals surface area contributed by atoms with Gasteiger partial charge in [-0.1, -0.05) is 19.4 Å². The Morgan fingerprint density at radius 2 is 1.68 bits per heavy atom. The molecular weight excluding hydrogens is 350 g/mol. The summed E-state index contributed by atoms with van der Waals surface area (Å²) in [7, 11) is 0. The summed E-state index contributed by atoms with van der Waals surface area (Å²) in [5.41, 5.74) is 3.13. The number of unbranched alkanes of at least 4 members (excludes halogenated alkanes) is 1. The second-order valence-corrected chi connectivity index (χ2v) is 7.28. The number of carbonyl (C=O) groups is 2. The fourth-order valence-electron chi connectivity index (χ4n) is 3.11. The van der Waals surface area contributed by atoms with Crippen molar-refractivity contribution in [2.24, 2.45) is 5.92 Å². The SMILES string of the molecule is CCCCN(CC)c1ccc(C(=O)Nc2cccc(NC(=O)C3CC3)c2)cc1. The van der Waals surface area contributed by atoms with E-state index in [2.05, 4.69) is 29.4 Å². The Hall–Kier alpha value is -2.82. The largest absolute Gasteiger partial charge is 0.372 e. The van der Waals surface area contributed by atoms with Crippen LogP contribution >= 0.6 is 0 Å². The van der Waals surface area contributed by atoms with Crippen LogP contribution in [0.3, 0.4) is 0 Å². The molecule has 0 heterocycles. The highest BCUT2D eigenvalue weighted by atomic mass is 16.2. The molecule has 0 unspecified atom stereocenters. The van der Waals surface area contributed by atoms with Crippen LogP contribution in [0.25, 0.3) is 0 Å². The van der Waals surface area contributed by atoms with Gasteiger partial charge in [-0.05, 0) is 68.7 Å². The van der Waals surface area contributed by atoms with Crippen molar-refractivity contribution in [3.05, 3.63) is 54.1 Å². The van der Waals surface area contributed by atoms with Crippen LogP contribution in [0.2, 0.25) is 0 Å². The van der Waals surface area contributed by atoms with E-state index in [0.717, 1.165) is 44.5 Å². The molecule has 0 bridgehead atoms. The number of amides is 2. The maximum absolute atomic E-state index is 12.6. The minimum absolute atomic E-state index is 0.0580. The maximum atomic E-state index is 12.6. The highest BCUT2D eigenvalue weighted by Crippen LogP contribution is 2.30. The lowest BCUT2D eigenvalue weighted by molar-refractivity contribution is -0.117. The molecule has 3 rings (SSSR count). The van der Waals surface area contributed by atoms with Gasteiger partial charge in [0.1, 0.15) is 0 Å². The molecule has 1 aliphatic carbocycles. The zero-order chi connectivity index (χ0) is 19.9. The van der Waals surface area contributed by atoms with Crippen molar-refractivity contribution in [1.29, 1.82) is 0 Å². The van der Waals surface area contributed by atoms with Crippen LogP contribution in [0.15, 0.2) is 48.5 Å². The first kappa shape index (κ1) is 19.9. The Labute approximate surface area is 167 Å². The Morgan fingerprint density at radius 3 is 2.29 bits per heavy atom. The van der Waals surface area contributed by atoms with Gasteiger partial charge in [-0.15, -0.1) is 0 Å². The number of rotatable bonds is 9. The average molecular weight is 380 g/mol. The molecule has 1 fully saturated rings. The number of hydrogen-bond donors (Lipinski definition) is 2. The molecule has 2 aromatic carbocycles. The lowest BCUT2D eigenvalue weighted by Gasteiger charge is -2.23. The van der Waals surface area contributed by atoms with Gasteiger partial charge in [0.25, 0.3) is 5.91 Å². The summed E-state index contributed by atoms with van der Waals surface area (Å²) in [6, 6.07) is 15.0. The molecular formula is C23H29N3O2. The van der Waals surface area contributed by atoms with E-state index in [1.54, 1.807) is 6.07 Å². The van der Waals surface area contributed by atoms with Gasteiger partial charge in [-0.25, -0.2) is 0 Å². The number of benzene rings is 2.